The Morgan fingerprint density at radius 1 is 1.55 bits per heavy atom. The molecule has 0 saturated carbocycles. The molecule has 0 aliphatic carbocycles. The van der Waals surface area contributed by atoms with Crippen LogP contribution in [0.1, 0.15) is 24.6 Å². The number of hydrogen-bond donors (Lipinski definition) is 2. The van der Waals surface area contributed by atoms with Gasteiger partial charge in [0.05, 0.1) is 25.9 Å². The van der Waals surface area contributed by atoms with Crippen LogP contribution >= 0.6 is 11.3 Å². The highest BCUT2D eigenvalue weighted by Gasteiger charge is 2.05. The smallest absolute Gasteiger partial charge is 0.305 e. The lowest BCUT2D eigenvalue weighted by Gasteiger charge is -2.12. The standard InChI is InChI=1S/C14H23NO4S/c1-2-19-14(17)6-3-7-15-9-12(16)10-18-11-13-5-4-8-20-13/h4-5,8,12,15-16H,2-3,6-7,9-11H2,1H3. The highest BCUT2D eigenvalue weighted by molar-refractivity contribution is 7.09. The van der Waals surface area contributed by atoms with Crippen molar-refractivity contribution in [3.8, 4) is 0 Å². The SMILES string of the molecule is CCOC(=O)CCCNCC(O)COCc1cccs1. The molecule has 1 atom stereocenters. The third kappa shape index (κ3) is 8.27. The predicted octanol–water partition coefficient (Wildman–Crippen LogP) is 1.56. The average Bonchev–Trinajstić information content (AvgIpc) is 2.92. The fourth-order valence-corrected chi connectivity index (χ4v) is 2.25. The fraction of sp³-hybridized carbons (Fsp3) is 0.643. The third-order valence-electron chi connectivity index (χ3n) is 2.55. The molecule has 0 fully saturated rings. The summed E-state index contributed by atoms with van der Waals surface area (Å²) in [4.78, 5) is 12.2. The summed E-state index contributed by atoms with van der Waals surface area (Å²) in [5.41, 5.74) is 0. The number of aliphatic hydroxyl groups excluding tert-OH is 1. The Balaban J connectivity index is 1.92. The number of aliphatic hydroxyl groups is 1. The van der Waals surface area contributed by atoms with Gasteiger partial charge in [-0.25, -0.2) is 0 Å². The summed E-state index contributed by atoms with van der Waals surface area (Å²) in [6, 6.07) is 3.98. The molecule has 0 amide bonds. The van der Waals surface area contributed by atoms with Crippen molar-refractivity contribution in [2.45, 2.75) is 32.5 Å². The van der Waals surface area contributed by atoms with E-state index in [0.29, 0.717) is 45.8 Å². The Bertz CT molecular complexity index is 356. The van der Waals surface area contributed by atoms with Gasteiger partial charge in [-0.1, -0.05) is 6.07 Å². The van der Waals surface area contributed by atoms with Crippen molar-refractivity contribution in [2.24, 2.45) is 0 Å². The maximum Gasteiger partial charge on any atom is 0.305 e. The van der Waals surface area contributed by atoms with Gasteiger partial charge in [0.1, 0.15) is 0 Å². The van der Waals surface area contributed by atoms with Crippen molar-refractivity contribution >= 4 is 17.3 Å². The van der Waals surface area contributed by atoms with Crippen LogP contribution in [0, 0.1) is 0 Å². The lowest BCUT2D eigenvalue weighted by Crippen LogP contribution is -2.31. The van der Waals surface area contributed by atoms with Crippen molar-refractivity contribution in [1.29, 1.82) is 0 Å². The van der Waals surface area contributed by atoms with E-state index in [-0.39, 0.29) is 5.97 Å². The molecule has 2 N–H and O–H groups in total. The molecule has 1 heterocycles. The zero-order chi connectivity index (χ0) is 14.6. The van der Waals surface area contributed by atoms with Crippen LogP contribution < -0.4 is 5.32 Å². The first kappa shape index (κ1) is 17.1. The van der Waals surface area contributed by atoms with Gasteiger partial charge in [0, 0.05) is 17.8 Å². The first-order chi connectivity index (χ1) is 9.72. The van der Waals surface area contributed by atoms with Gasteiger partial charge in [0.2, 0.25) is 0 Å². The van der Waals surface area contributed by atoms with Crippen LogP contribution in [0.5, 0.6) is 0 Å². The third-order valence-corrected chi connectivity index (χ3v) is 3.40. The minimum atomic E-state index is -0.530. The number of ether oxygens (including phenoxy) is 2. The number of carbonyl (C=O) groups is 1. The quantitative estimate of drug-likeness (QED) is 0.479. The maximum atomic E-state index is 11.1. The lowest BCUT2D eigenvalue weighted by molar-refractivity contribution is -0.143. The second kappa shape index (κ2) is 10.8. The van der Waals surface area contributed by atoms with Crippen molar-refractivity contribution in [1.82, 2.24) is 5.32 Å². The first-order valence-electron chi connectivity index (χ1n) is 6.87. The summed E-state index contributed by atoms with van der Waals surface area (Å²) in [6.07, 6.45) is 0.588. The first-order valence-corrected chi connectivity index (χ1v) is 7.75. The molecule has 5 nitrogen and oxygen atoms in total. The van der Waals surface area contributed by atoms with Gasteiger partial charge in [0.15, 0.2) is 0 Å². The monoisotopic (exact) mass is 301 g/mol. The van der Waals surface area contributed by atoms with E-state index in [1.54, 1.807) is 18.3 Å². The Morgan fingerprint density at radius 2 is 2.40 bits per heavy atom. The average molecular weight is 301 g/mol. The molecule has 1 unspecified atom stereocenters. The zero-order valence-corrected chi connectivity index (χ0v) is 12.7. The number of hydrogen-bond acceptors (Lipinski definition) is 6. The second-order valence-corrected chi connectivity index (χ2v) is 5.39. The molecule has 0 bridgehead atoms. The van der Waals surface area contributed by atoms with Crippen LogP contribution in [-0.4, -0.2) is 43.5 Å². The summed E-state index contributed by atoms with van der Waals surface area (Å²) in [5, 5.41) is 14.8. The molecule has 1 aromatic rings. The van der Waals surface area contributed by atoms with Crippen LogP contribution in [-0.2, 0) is 20.9 Å². The van der Waals surface area contributed by atoms with Gasteiger partial charge in [-0.15, -0.1) is 11.3 Å². The molecule has 114 valence electrons. The molecule has 20 heavy (non-hydrogen) atoms. The second-order valence-electron chi connectivity index (χ2n) is 4.36. The van der Waals surface area contributed by atoms with Crippen LogP contribution in [0.4, 0.5) is 0 Å². The zero-order valence-electron chi connectivity index (χ0n) is 11.8. The molecule has 1 aromatic heterocycles. The highest BCUT2D eigenvalue weighted by atomic mass is 32.1. The van der Waals surface area contributed by atoms with Gasteiger partial charge >= 0.3 is 5.97 Å². The number of esters is 1. The number of rotatable bonds is 11. The Morgan fingerprint density at radius 3 is 3.10 bits per heavy atom. The molecule has 6 heteroatoms. The molecule has 0 aliphatic rings. The summed E-state index contributed by atoms with van der Waals surface area (Å²) in [5.74, 6) is -0.172. The highest BCUT2D eigenvalue weighted by Crippen LogP contribution is 2.09. The van der Waals surface area contributed by atoms with Crippen LogP contribution in [0.2, 0.25) is 0 Å². The van der Waals surface area contributed by atoms with Gasteiger partial charge < -0.3 is 19.9 Å². The van der Waals surface area contributed by atoms with E-state index in [1.807, 2.05) is 17.5 Å². The Labute approximate surface area is 123 Å². The Kier molecular flexibility index (Phi) is 9.23. The number of nitrogens with one attached hydrogen (secondary N) is 1. The minimum Gasteiger partial charge on any atom is -0.466 e. The van der Waals surface area contributed by atoms with E-state index >= 15 is 0 Å². The molecule has 0 saturated heterocycles. The molecule has 1 rings (SSSR count). The molecule has 0 spiro atoms. The molecular formula is C14H23NO4S. The van der Waals surface area contributed by atoms with Crippen LogP contribution in [0.15, 0.2) is 17.5 Å². The minimum absolute atomic E-state index is 0.172. The lowest BCUT2D eigenvalue weighted by atomic mass is 10.3. The predicted molar refractivity (Wildman–Crippen MR) is 78.7 cm³/mol. The van der Waals surface area contributed by atoms with Crippen LogP contribution in [0.25, 0.3) is 0 Å². The number of carbonyl (C=O) groups excluding carboxylic acids is 1. The van der Waals surface area contributed by atoms with E-state index in [1.165, 1.54) is 0 Å². The fourth-order valence-electron chi connectivity index (χ4n) is 1.61. The normalized spacial score (nSPS) is 12.3. The van der Waals surface area contributed by atoms with Crippen molar-refractivity contribution in [2.75, 3.05) is 26.3 Å². The van der Waals surface area contributed by atoms with Gasteiger partial charge in [-0.2, -0.15) is 0 Å². The number of thiophene rings is 1. The van der Waals surface area contributed by atoms with Crippen LogP contribution in [0.3, 0.4) is 0 Å². The van der Waals surface area contributed by atoms with Gasteiger partial charge in [-0.05, 0) is 31.3 Å². The summed E-state index contributed by atoms with van der Waals surface area (Å²) in [7, 11) is 0. The topological polar surface area (TPSA) is 67.8 Å². The molecule has 0 aromatic carbocycles. The van der Waals surface area contributed by atoms with Crippen molar-refractivity contribution in [3.05, 3.63) is 22.4 Å². The van der Waals surface area contributed by atoms with E-state index < -0.39 is 6.10 Å². The molecule has 0 radical (unpaired) electrons. The molecule has 0 aliphatic heterocycles. The maximum absolute atomic E-state index is 11.1. The molecular weight excluding hydrogens is 278 g/mol. The van der Waals surface area contributed by atoms with Crippen molar-refractivity contribution in [3.63, 3.8) is 0 Å². The van der Waals surface area contributed by atoms with Gasteiger partial charge in [-0.3, -0.25) is 4.79 Å². The van der Waals surface area contributed by atoms with Crippen molar-refractivity contribution < 1.29 is 19.4 Å². The van der Waals surface area contributed by atoms with E-state index in [4.69, 9.17) is 9.47 Å². The van der Waals surface area contributed by atoms with Gasteiger partial charge in [0.25, 0.3) is 0 Å². The largest absolute Gasteiger partial charge is 0.466 e. The summed E-state index contributed by atoms with van der Waals surface area (Å²) in [6.45, 7) is 4.21. The summed E-state index contributed by atoms with van der Waals surface area (Å²) < 4.78 is 10.2. The van der Waals surface area contributed by atoms with E-state index in [2.05, 4.69) is 5.32 Å². The summed E-state index contributed by atoms with van der Waals surface area (Å²) >= 11 is 1.64. The van der Waals surface area contributed by atoms with E-state index in [0.717, 1.165) is 4.88 Å². The Hall–Kier alpha value is -0.950. The van der Waals surface area contributed by atoms with E-state index in [9.17, 15) is 9.90 Å².